The number of fused-ring (bicyclic) bond motifs is 1. The fourth-order valence-electron chi connectivity index (χ4n) is 4.58. The molecule has 1 unspecified atom stereocenters. The summed E-state index contributed by atoms with van der Waals surface area (Å²) < 4.78 is 16.7. The topological polar surface area (TPSA) is 46.0 Å². The second-order valence-electron chi connectivity index (χ2n) is 8.02. The number of hydrogen-bond donors (Lipinski definition) is 1. The molecule has 2 aliphatic heterocycles. The zero-order valence-corrected chi connectivity index (χ0v) is 16.5. The standard InChI is InChI=1S/C23H26FN5/c24-21-10-4-3-9-20(21)19-8-2-1-6-18(19)15-28-12-13-29-22(16-28)26-27-23(29)17-7-5-11-25-14-17/h1-4,6,8-10,17,25H,5,7,11-16H2. The van der Waals surface area contributed by atoms with E-state index in [1.54, 1.807) is 6.07 Å². The van der Waals surface area contributed by atoms with Gasteiger partial charge in [-0.3, -0.25) is 4.90 Å². The predicted molar refractivity (Wildman–Crippen MR) is 111 cm³/mol. The normalized spacial score (nSPS) is 19.8. The number of rotatable bonds is 4. The number of nitrogens with zero attached hydrogens (tertiary/aromatic N) is 4. The second-order valence-corrected chi connectivity index (χ2v) is 8.02. The Bertz CT molecular complexity index is 992. The van der Waals surface area contributed by atoms with E-state index in [4.69, 9.17) is 0 Å². The maximum Gasteiger partial charge on any atom is 0.147 e. The fraction of sp³-hybridized carbons (Fsp3) is 0.391. The third-order valence-electron chi connectivity index (χ3n) is 6.10. The lowest BCUT2D eigenvalue weighted by atomic mass is 9.98. The Morgan fingerprint density at radius 1 is 1.00 bits per heavy atom. The van der Waals surface area contributed by atoms with Crippen molar-refractivity contribution in [2.45, 2.75) is 38.4 Å². The number of aromatic nitrogens is 3. The predicted octanol–water partition coefficient (Wildman–Crippen LogP) is 3.57. The van der Waals surface area contributed by atoms with E-state index in [0.29, 0.717) is 11.5 Å². The lowest BCUT2D eigenvalue weighted by Gasteiger charge is -2.30. The molecule has 0 aliphatic carbocycles. The van der Waals surface area contributed by atoms with E-state index in [1.807, 2.05) is 30.3 Å². The van der Waals surface area contributed by atoms with Crippen LogP contribution in [0.2, 0.25) is 0 Å². The first-order chi connectivity index (χ1) is 14.3. The van der Waals surface area contributed by atoms with Gasteiger partial charge in [-0.15, -0.1) is 10.2 Å². The highest BCUT2D eigenvalue weighted by molar-refractivity contribution is 5.67. The van der Waals surface area contributed by atoms with Crippen LogP contribution in [-0.2, 0) is 19.6 Å². The van der Waals surface area contributed by atoms with Crippen molar-refractivity contribution in [3.8, 4) is 11.1 Å². The van der Waals surface area contributed by atoms with E-state index in [1.165, 1.54) is 18.9 Å². The molecule has 2 aromatic carbocycles. The monoisotopic (exact) mass is 391 g/mol. The molecular formula is C23H26FN5. The molecule has 5 nitrogen and oxygen atoms in total. The average molecular weight is 391 g/mol. The third-order valence-corrected chi connectivity index (χ3v) is 6.10. The van der Waals surface area contributed by atoms with E-state index < -0.39 is 0 Å². The molecule has 1 saturated heterocycles. The second kappa shape index (κ2) is 8.05. The molecule has 29 heavy (non-hydrogen) atoms. The number of piperidine rings is 1. The Morgan fingerprint density at radius 3 is 2.66 bits per heavy atom. The number of nitrogens with one attached hydrogen (secondary N) is 1. The van der Waals surface area contributed by atoms with Crippen molar-refractivity contribution < 1.29 is 4.39 Å². The summed E-state index contributed by atoms with van der Waals surface area (Å²) in [4.78, 5) is 2.38. The van der Waals surface area contributed by atoms with Crippen LogP contribution in [0.3, 0.4) is 0 Å². The number of benzene rings is 2. The Morgan fingerprint density at radius 2 is 1.83 bits per heavy atom. The maximum atomic E-state index is 14.4. The van der Waals surface area contributed by atoms with Gasteiger partial charge in [-0.05, 0) is 36.6 Å². The van der Waals surface area contributed by atoms with Gasteiger partial charge < -0.3 is 9.88 Å². The summed E-state index contributed by atoms with van der Waals surface area (Å²) in [5, 5.41) is 12.5. The van der Waals surface area contributed by atoms with Gasteiger partial charge >= 0.3 is 0 Å². The molecule has 0 bridgehead atoms. The van der Waals surface area contributed by atoms with Gasteiger partial charge in [-0.2, -0.15) is 0 Å². The molecule has 3 heterocycles. The molecule has 0 saturated carbocycles. The first-order valence-corrected chi connectivity index (χ1v) is 10.5. The van der Waals surface area contributed by atoms with Crippen LogP contribution in [0.5, 0.6) is 0 Å². The molecule has 6 heteroatoms. The molecule has 1 fully saturated rings. The van der Waals surface area contributed by atoms with Crippen LogP contribution in [0.25, 0.3) is 11.1 Å². The first-order valence-electron chi connectivity index (χ1n) is 10.5. The summed E-state index contributed by atoms with van der Waals surface area (Å²) >= 11 is 0. The van der Waals surface area contributed by atoms with Gasteiger partial charge in [-0.1, -0.05) is 42.5 Å². The molecule has 0 spiro atoms. The summed E-state index contributed by atoms with van der Waals surface area (Å²) in [6.45, 7) is 5.51. The minimum absolute atomic E-state index is 0.177. The van der Waals surface area contributed by atoms with Crippen molar-refractivity contribution in [2.24, 2.45) is 0 Å². The molecule has 1 atom stereocenters. The molecule has 3 aromatic rings. The lowest BCUT2D eigenvalue weighted by Crippen LogP contribution is -2.36. The molecule has 1 aromatic heterocycles. The van der Waals surface area contributed by atoms with E-state index in [9.17, 15) is 4.39 Å². The largest absolute Gasteiger partial charge is 0.316 e. The van der Waals surface area contributed by atoms with E-state index in [0.717, 1.165) is 62.0 Å². The van der Waals surface area contributed by atoms with Crippen molar-refractivity contribution in [3.63, 3.8) is 0 Å². The van der Waals surface area contributed by atoms with Gasteiger partial charge in [0.05, 0.1) is 6.54 Å². The summed E-state index contributed by atoms with van der Waals surface area (Å²) in [6.07, 6.45) is 2.39. The zero-order chi connectivity index (χ0) is 19.6. The van der Waals surface area contributed by atoms with E-state index >= 15 is 0 Å². The van der Waals surface area contributed by atoms with Crippen LogP contribution < -0.4 is 5.32 Å². The smallest absolute Gasteiger partial charge is 0.147 e. The first kappa shape index (κ1) is 18.5. The van der Waals surface area contributed by atoms with Gasteiger partial charge in [0.15, 0.2) is 0 Å². The third kappa shape index (κ3) is 3.70. The zero-order valence-electron chi connectivity index (χ0n) is 16.5. The average Bonchev–Trinajstić information content (AvgIpc) is 3.19. The Hall–Kier alpha value is -2.57. The molecule has 150 valence electrons. The molecule has 5 rings (SSSR count). The molecular weight excluding hydrogens is 365 g/mol. The highest BCUT2D eigenvalue weighted by Crippen LogP contribution is 2.29. The number of halogens is 1. The SMILES string of the molecule is Fc1ccccc1-c1ccccc1CN1CCn2c(nnc2C2CCCNC2)C1. The highest BCUT2D eigenvalue weighted by atomic mass is 19.1. The van der Waals surface area contributed by atoms with Gasteiger partial charge in [-0.25, -0.2) is 4.39 Å². The van der Waals surface area contributed by atoms with Crippen molar-refractivity contribution in [3.05, 3.63) is 71.6 Å². The fourth-order valence-corrected chi connectivity index (χ4v) is 4.58. The van der Waals surface area contributed by atoms with Gasteiger partial charge in [0.25, 0.3) is 0 Å². The van der Waals surface area contributed by atoms with Crippen LogP contribution in [0, 0.1) is 5.82 Å². The van der Waals surface area contributed by atoms with Crippen LogP contribution >= 0.6 is 0 Å². The lowest BCUT2D eigenvalue weighted by molar-refractivity contribution is 0.206. The molecule has 0 radical (unpaired) electrons. The number of hydrogen-bond acceptors (Lipinski definition) is 4. The summed E-state index contributed by atoms with van der Waals surface area (Å²) in [6, 6.07) is 15.1. The Labute approximate surface area is 170 Å². The van der Waals surface area contributed by atoms with Crippen molar-refractivity contribution in [2.75, 3.05) is 19.6 Å². The quantitative estimate of drug-likeness (QED) is 0.739. The van der Waals surface area contributed by atoms with Crippen LogP contribution in [-0.4, -0.2) is 39.3 Å². The Balaban J connectivity index is 1.35. The van der Waals surface area contributed by atoms with Gasteiger partial charge in [0, 0.05) is 37.7 Å². The van der Waals surface area contributed by atoms with Crippen molar-refractivity contribution >= 4 is 0 Å². The summed E-state index contributed by atoms with van der Waals surface area (Å²) in [7, 11) is 0. The van der Waals surface area contributed by atoms with Gasteiger partial charge in [0.1, 0.15) is 17.5 Å². The maximum absolute atomic E-state index is 14.4. The summed E-state index contributed by atoms with van der Waals surface area (Å²) in [5.74, 6) is 2.47. The minimum Gasteiger partial charge on any atom is -0.316 e. The van der Waals surface area contributed by atoms with Crippen molar-refractivity contribution in [1.82, 2.24) is 25.0 Å². The molecule has 0 amide bonds. The van der Waals surface area contributed by atoms with Crippen LogP contribution in [0.1, 0.15) is 36.0 Å². The van der Waals surface area contributed by atoms with E-state index in [-0.39, 0.29) is 5.82 Å². The van der Waals surface area contributed by atoms with Crippen LogP contribution in [0.15, 0.2) is 48.5 Å². The van der Waals surface area contributed by atoms with Crippen molar-refractivity contribution in [1.29, 1.82) is 0 Å². The Kier molecular flexibility index (Phi) is 5.12. The highest BCUT2D eigenvalue weighted by Gasteiger charge is 2.27. The molecule has 1 N–H and O–H groups in total. The van der Waals surface area contributed by atoms with Crippen LogP contribution in [0.4, 0.5) is 4.39 Å². The summed E-state index contributed by atoms with van der Waals surface area (Å²) in [5.41, 5.74) is 2.77. The molecule has 2 aliphatic rings. The van der Waals surface area contributed by atoms with Gasteiger partial charge in [0.2, 0.25) is 0 Å². The minimum atomic E-state index is -0.177. The van der Waals surface area contributed by atoms with E-state index in [2.05, 4.69) is 31.0 Å².